The van der Waals surface area contributed by atoms with E-state index in [0.717, 1.165) is 0 Å². The van der Waals surface area contributed by atoms with Gasteiger partial charge < -0.3 is 10.0 Å². The molecule has 0 aliphatic carbocycles. The molecule has 0 radical (unpaired) electrons. The highest BCUT2D eigenvalue weighted by atomic mass is 35.5. The van der Waals surface area contributed by atoms with Crippen molar-refractivity contribution < 1.29 is 14.7 Å². The molecule has 7 heteroatoms. The van der Waals surface area contributed by atoms with Gasteiger partial charge in [0.05, 0.1) is 16.1 Å². The third-order valence-corrected chi connectivity index (χ3v) is 5.04. The molecule has 21 heavy (non-hydrogen) atoms. The molecular formula is C14H20ClN3O3. The van der Waals surface area contributed by atoms with E-state index in [0.29, 0.717) is 23.7 Å². The molecule has 0 saturated carbocycles. The van der Waals surface area contributed by atoms with Gasteiger partial charge in [0.15, 0.2) is 5.69 Å². The van der Waals surface area contributed by atoms with Crippen molar-refractivity contribution in [1.29, 1.82) is 0 Å². The Morgan fingerprint density at radius 2 is 2.05 bits per heavy atom. The zero-order chi connectivity index (χ0) is 15.9. The van der Waals surface area contributed by atoms with Crippen LogP contribution < -0.4 is 0 Å². The molecule has 2 rings (SSSR count). The van der Waals surface area contributed by atoms with Crippen LogP contribution in [0.25, 0.3) is 0 Å². The zero-order valence-electron chi connectivity index (χ0n) is 12.7. The van der Waals surface area contributed by atoms with Gasteiger partial charge in [-0.2, -0.15) is 5.10 Å². The van der Waals surface area contributed by atoms with E-state index in [4.69, 9.17) is 11.6 Å². The van der Waals surface area contributed by atoms with Gasteiger partial charge in [-0.15, -0.1) is 0 Å². The zero-order valence-corrected chi connectivity index (χ0v) is 13.4. The van der Waals surface area contributed by atoms with Gasteiger partial charge in [-0.1, -0.05) is 25.4 Å². The van der Waals surface area contributed by atoms with Crippen molar-refractivity contribution in [2.45, 2.75) is 27.2 Å². The average Bonchev–Trinajstić information content (AvgIpc) is 2.97. The number of carbonyl (C=O) groups is 2. The number of nitrogens with zero attached hydrogens (tertiary/aromatic N) is 3. The van der Waals surface area contributed by atoms with Crippen LogP contribution in [0.3, 0.4) is 0 Å². The van der Waals surface area contributed by atoms with Gasteiger partial charge in [-0.3, -0.25) is 14.3 Å². The molecule has 1 atom stereocenters. The molecular weight excluding hydrogens is 294 g/mol. The summed E-state index contributed by atoms with van der Waals surface area (Å²) in [6.07, 6.45) is 0.454. The Hall–Kier alpha value is -1.56. The summed E-state index contributed by atoms with van der Waals surface area (Å²) in [6.45, 7) is 6.14. The minimum Gasteiger partial charge on any atom is -0.481 e. The van der Waals surface area contributed by atoms with Gasteiger partial charge in [0.25, 0.3) is 5.91 Å². The Labute approximate surface area is 128 Å². The molecule has 2 heterocycles. The summed E-state index contributed by atoms with van der Waals surface area (Å²) in [5, 5.41) is 14.0. The second kappa shape index (κ2) is 5.33. The molecule has 0 aromatic carbocycles. The smallest absolute Gasteiger partial charge is 0.311 e. The topological polar surface area (TPSA) is 75.4 Å². The van der Waals surface area contributed by atoms with Crippen molar-refractivity contribution in [2.75, 3.05) is 13.1 Å². The van der Waals surface area contributed by atoms with Gasteiger partial charge in [-0.25, -0.2) is 0 Å². The molecule has 1 saturated heterocycles. The van der Waals surface area contributed by atoms with Crippen LogP contribution in [0.4, 0.5) is 0 Å². The van der Waals surface area contributed by atoms with Crippen molar-refractivity contribution in [3.05, 3.63) is 16.4 Å². The number of aromatic nitrogens is 2. The molecule has 0 bridgehead atoms. The number of rotatable bonds is 3. The number of aliphatic carboxylic acids is 1. The maximum atomic E-state index is 12.5. The summed E-state index contributed by atoms with van der Waals surface area (Å²) in [5.74, 6) is -1.20. The molecule has 0 spiro atoms. The molecule has 6 nitrogen and oxygen atoms in total. The Bertz CT molecular complexity index is 597. The van der Waals surface area contributed by atoms with Gasteiger partial charge in [0.1, 0.15) is 0 Å². The predicted molar refractivity (Wildman–Crippen MR) is 78.4 cm³/mol. The largest absolute Gasteiger partial charge is 0.481 e. The van der Waals surface area contributed by atoms with E-state index in [1.807, 2.05) is 13.8 Å². The van der Waals surface area contributed by atoms with Gasteiger partial charge in [-0.05, 0) is 19.3 Å². The minimum atomic E-state index is -0.883. The number of carboxylic acid groups (broad SMARTS) is 1. The predicted octanol–water partition coefficient (Wildman–Crippen LogP) is 1.95. The fourth-order valence-corrected chi connectivity index (χ4v) is 3.01. The van der Waals surface area contributed by atoms with Crippen LogP contribution in [-0.2, 0) is 11.8 Å². The number of likely N-dealkylation sites (tertiary alicyclic amines) is 1. The summed E-state index contributed by atoms with van der Waals surface area (Å²) >= 11 is 6.14. The van der Waals surface area contributed by atoms with Crippen LogP contribution in [0.2, 0.25) is 5.02 Å². The van der Waals surface area contributed by atoms with E-state index in [1.54, 1.807) is 23.6 Å². The Morgan fingerprint density at radius 1 is 1.43 bits per heavy atom. The number of carboxylic acids is 1. The first-order valence-electron chi connectivity index (χ1n) is 6.92. The molecule has 1 amide bonds. The standard InChI is InChI=1S/C14H20ClN3O3/c1-8(2)14(13(20)21)5-6-18(7-14)12(19)11-10(15)9(3)17(4)16-11/h8H,5-7H2,1-4H3,(H,20,21). The first kappa shape index (κ1) is 15.8. The van der Waals surface area contributed by atoms with Crippen LogP contribution in [0.1, 0.15) is 36.5 Å². The summed E-state index contributed by atoms with van der Waals surface area (Å²) in [4.78, 5) is 25.7. The summed E-state index contributed by atoms with van der Waals surface area (Å²) in [6, 6.07) is 0. The minimum absolute atomic E-state index is 0.0475. The molecule has 1 aliphatic rings. The Kier molecular flexibility index (Phi) is 4.02. The van der Waals surface area contributed by atoms with E-state index in [1.165, 1.54) is 0 Å². The van der Waals surface area contributed by atoms with Crippen LogP contribution in [0.5, 0.6) is 0 Å². The molecule has 1 fully saturated rings. The molecule has 1 N–H and O–H groups in total. The lowest BCUT2D eigenvalue weighted by Crippen LogP contribution is -2.40. The Morgan fingerprint density at radius 3 is 2.43 bits per heavy atom. The summed E-state index contributed by atoms with van der Waals surface area (Å²) in [7, 11) is 1.72. The first-order valence-corrected chi connectivity index (χ1v) is 7.30. The van der Waals surface area contributed by atoms with Crippen molar-refractivity contribution in [1.82, 2.24) is 14.7 Å². The second-order valence-electron chi connectivity index (χ2n) is 5.96. The van der Waals surface area contributed by atoms with Gasteiger partial charge >= 0.3 is 5.97 Å². The van der Waals surface area contributed by atoms with Crippen molar-refractivity contribution in [2.24, 2.45) is 18.4 Å². The van der Waals surface area contributed by atoms with Gasteiger partial charge in [0.2, 0.25) is 0 Å². The third-order valence-electron chi connectivity index (χ3n) is 4.58. The lowest BCUT2D eigenvalue weighted by atomic mass is 9.76. The van der Waals surface area contributed by atoms with E-state index < -0.39 is 11.4 Å². The van der Waals surface area contributed by atoms with Crippen molar-refractivity contribution >= 4 is 23.5 Å². The maximum absolute atomic E-state index is 12.5. The highest BCUT2D eigenvalue weighted by molar-refractivity contribution is 6.34. The highest BCUT2D eigenvalue weighted by Crippen LogP contribution is 2.39. The number of aryl methyl sites for hydroxylation is 1. The monoisotopic (exact) mass is 313 g/mol. The molecule has 1 unspecified atom stereocenters. The Balaban J connectivity index is 2.27. The first-order chi connectivity index (χ1) is 9.70. The fourth-order valence-electron chi connectivity index (χ4n) is 2.77. The number of amides is 1. The molecule has 1 aromatic rings. The fraction of sp³-hybridized carbons (Fsp3) is 0.643. The normalized spacial score (nSPS) is 22.1. The van der Waals surface area contributed by atoms with Crippen molar-refractivity contribution in [3.63, 3.8) is 0 Å². The maximum Gasteiger partial charge on any atom is 0.311 e. The van der Waals surface area contributed by atoms with Crippen LogP contribution in [0, 0.1) is 18.3 Å². The third kappa shape index (κ3) is 2.41. The van der Waals surface area contributed by atoms with E-state index >= 15 is 0 Å². The van der Waals surface area contributed by atoms with E-state index in [9.17, 15) is 14.7 Å². The van der Waals surface area contributed by atoms with Crippen LogP contribution in [-0.4, -0.2) is 44.8 Å². The summed E-state index contributed by atoms with van der Waals surface area (Å²) < 4.78 is 1.55. The lowest BCUT2D eigenvalue weighted by molar-refractivity contribution is -0.150. The number of hydrogen-bond acceptors (Lipinski definition) is 3. The second-order valence-corrected chi connectivity index (χ2v) is 6.34. The SMILES string of the molecule is Cc1c(Cl)c(C(=O)N2CCC(C(=O)O)(C(C)C)C2)nn1C. The van der Waals surface area contributed by atoms with E-state index in [2.05, 4.69) is 5.10 Å². The molecule has 1 aliphatic heterocycles. The quantitative estimate of drug-likeness (QED) is 0.925. The van der Waals surface area contributed by atoms with Crippen LogP contribution >= 0.6 is 11.6 Å². The number of carbonyl (C=O) groups excluding carboxylic acids is 1. The number of halogens is 1. The molecule has 116 valence electrons. The van der Waals surface area contributed by atoms with Crippen LogP contribution in [0.15, 0.2) is 0 Å². The number of hydrogen-bond donors (Lipinski definition) is 1. The average molecular weight is 314 g/mol. The summed E-state index contributed by atoms with van der Waals surface area (Å²) in [5.41, 5.74) is 0.0283. The highest BCUT2D eigenvalue weighted by Gasteiger charge is 2.49. The van der Waals surface area contributed by atoms with Gasteiger partial charge in [0, 0.05) is 20.1 Å². The van der Waals surface area contributed by atoms with Crippen molar-refractivity contribution in [3.8, 4) is 0 Å². The van der Waals surface area contributed by atoms with E-state index in [-0.39, 0.29) is 24.1 Å². The lowest BCUT2D eigenvalue weighted by Gasteiger charge is -2.28. The molecule has 1 aromatic heterocycles.